The van der Waals surface area contributed by atoms with Gasteiger partial charge >= 0.3 is 0 Å². The minimum atomic E-state index is -0.662. The highest BCUT2D eigenvalue weighted by Crippen LogP contribution is 2.17. The summed E-state index contributed by atoms with van der Waals surface area (Å²) in [5.41, 5.74) is 0.218. The molecule has 0 unspecified atom stereocenters. The number of anilines is 1. The summed E-state index contributed by atoms with van der Waals surface area (Å²) in [6.07, 6.45) is 1.49. The number of rotatable bonds is 3. The van der Waals surface area contributed by atoms with Gasteiger partial charge in [-0.25, -0.2) is 4.98 Å². The fraction of sp³-hybridized carbons (Fsp3) is 0.615. The first-order valence-corrected chi connectivity index (χ1v) is 6.25. The van der Waals surface area contributed by atoms with E-state index in [1.165, 1.54) is 12.3 Å². The summed E-state index contributed by atoms with van der Waals surface area (Å²) in [6, 6.07) is 3.29. The molecule has 1 N–H and O–H groups in total. The molecule has 1 aliphatic rings. The lowest BCUT2D eigenvalue weighted by atomic mass is 10.1. The van der Waals surface area contributed by atoms with Crippen LogP contribution in [-0.4, -0.2) is 53.3 Å². The molecule has 1 aromatic heterocycles. The number of nitrogens with zero attached hydrogens (tertiary/aromatic N) is 3. The van der Waals surface area contributed by atoms with Crippen LogP contribution >= 0.6 is 0 Å². The fourth-order valence-electron chi connectivity index (χ4n) is 2.30. The molecule has 2 rings (SSSR count). The second-order valence-electron chi connectivity index (χ2n) is 5.41. The molecule has 2 heterocycles. The molecule has 0 radical (unpaired) electrons. The van der Waals surface area contributed by atoms with E-state index in [0.29, 0.717) is 6.54 Å². The Balaban J connectivity index is 1.91. The summed E-state index contributed by atoms with van der Waals surface area (Å²) < 4.78 is 13.0. The van der Waals surface area contributed by atoms with Gasteiger partial charge in [0.2, 0.25) is 5.95 Å². The summed E-state index contributed by atoms with van der Waals surface area (Å²) in [6.45, 7) is 7.77. The van der Waals surface area contributed by atoms with E-state index in [-0.39, 0.29) is 0 Å². The first-order chi connectivity index (χ1) is 8.44. The molecule has 4 nitrogen and oxygen atoms in total. The molecule has 1 fully saturated rings. The van der Waals surface area contributed by atoms with E-state index >= 15 is 0 Å². The number of piperazine rings is 1. The van der Waals surface area contributed by atoms with Crippen molar-refractivity contribution in [3.05, 3.63) is 24.3 Å². The van der Waals surface area contributed by atoms with E-state index in [4.69, 9.17) is 0 Å². The molecule has 0 aromatic carbocycles. The van der Waals surface area contributed by atoms with Crippen LogP contribution in [0.2, 0.25) is 0 Å². The molecule has 0 saturated carbocycles. The lowest BCUT2D eigenvalue weighted by molar-refractivity contribution is 0.0345. The van der Waals surface area contributed by atoms with Crippen LogP contribution in [0.1, 0.15) is 13.8 Å². The molecule has 0 atom stereocenters. The summed E-state index contributed by atoms with van der Waals surface area (Å²) >= 11 is 0. The van der Waals surface area contributed by atoms with Crippen molar-refractivity contribution < 1.29 is 9.50 Å². The van der Waals surface area contributed by atoms with Crippen molar-refractivity contribution in [3.8, 4) is 0 Å². The Bertz CT molecular complexity index is 397. The zero-order valence-corrected chi connectivity index (χ0v) is 10.9. The molecular formula is C13H20FN3O. The first-order valence-electron chi connectivity index (χ1n) is 6.25. The zero-order chi connectivity index (χ0) is 13.2. The molecule has 1 aromatic rings. The van der Waals surface area contributed by atoms with Crippen LogP contribution in [-0.2, 0) is 0 Å². The van der Waals surface area contributed by atoms with Crippen LogP contribution in [0.25, 0.3) is 0 Å². The Kier molecular flexibility index (Phi) is 3.82. The van der Waals surface area contributed by atoms with E-state index < -0.39 is 11.5 Å². The van der Waals surface area contributed by atoms with E-state index in [0.717, 1.165) is 31.9 Å². The van der Waals surface area contributed by atoms with Crippen LogP contribution in [0, 0.1) is 5.95 Å². The Hall–Kier alpha value is -1.20. The maximum atomic E-state index is 13.0. The molecule has 0 aliphatic carbocycles. The van der Waals surface area contributed by atoms with Crippen molar-refractivity contribution in [2.45, 2.75) is 19.4 Å². The van der Waals surface area contributed by atoms with Gasteiger partial charge in [0, 0.05) is 50.7 Å². The third-order valence-corrected chi connectivity index (χ3v) is 3.06. The molecule has 5 heteroatoms. The molecular weight excluding hydrogens is 233 g/mol. The predicted octanol–water partition coefficient (Wildman–Crippen LogP) is 1.11. The highest BCUT2D eigenvalue weighted by Gasteiger charge is 2.22. The van der Waals surface area contributed by atoms with Gasteiger partial charge in [-0.1, -0.05) is 0 Å². The second kappa shape index (κ2) is 5.20. The molecule has 0 amide bonds. The van der Waals surface area contributed by atoms with Crippen LogP contribution in [0.4, 0.5) is 10.1 Å². The highest BCUT2D eigenvalue weighted by atomic mass is 19.1. The van der Waals surface area contributed by atoms with E-state index in [1.54, 1.807) is 0 Å². The Morgan fingerprint density at radius 1 is 1.33 bits per heavy atom. The molecule has 1 aliphatic heterocycles. The van der Waals surface area contributed by atoms with E-state index in [2.05, 4.69) is 14.8 Å². The Labute approximate surface area is 107 Å². The number of hydrogen-bond acceptors (Lipinski definition) is 4. The van der Waals surface area contributed by atoms with Crippen molar-refractivity contribution in [3.63, 3.8) is 0 Å². The van der Waals surface area contributed by atoms with Gasteiger partial charge in [0.05, 0.1) is 5.60 Å². The summed E-state index contributed by atoms with van der Waals surface area (Å²) in [5.74, 6) is -0.438. The van der Waals surface area contributed by atoms with Gasteiger partial charge < -0.3 is 10.0 Å². The SMILES string of the molecule is CC(C)(O)CN1CCN(c2ccnc(F)c2)CC1. The van der Waals surface area contributed by atoms with Gasteiger partial charge in [-0.2, -0.15) is 4.39 Å². The van der Waals surface area contributed by atoms with E-state index in [9.17, 15) is 9.50 Å². The topological polar surface area (TPSA) is 39.6 Å². The van der Waals surface area contributed by atoms with E-state index in [1.807, 2.05) is 19.9 Å². The normalized spacial score (nSPS) is 18.1. The smallest absolute Gasteiger partial charge is 0.214 e. The fourth-order valence-corrected chi connectivity index (χ4v) is 2.30. The minimum Gasteiger partial charge on any atom is -0.389 e. The first kappa shape index (κ1) is 13.2. The average molecular weight is 253 g/mol. The van der Waals surface area contributed by atoms with Gasteiger partial charge in [-0.3, -0.25) is 4.90 Å². The molecule has 0 bridgehead atoms. The summed E-state index contributed by atoms with van der Waals surface area (Å²) in [7, 11) is 0. The third-order valence-electron chi connectivity index (χ3n) is 3.06. The zero-order valence-electron chi connectivity index (χ0n) is 10.9. The molecule has 0 spiro atoms. The number of halogens is 1. The second-order valence-corrected chi connectivity index (χ2v) is 5.41. The summed E-state index contributed by atoms with van der Waals surface area (Å²) in [5, 5.41) is 9.78. The third kappa shape index (κ3) is 3.65. The monoisotopic (exact) mass is 253 g/mol. The average Bonchev–Trinajstić information content (AvgIpc) is 2.28. The lowest BCUT2D eigenvalue weighted by Crippen LogP contribution is -2.50. The molecule has 18 heavy (non-hydrogen) atoms. The number of hydrogen-bond donors (Lipinski definition) is 1. The number of aromatic nitrogens is 1. The van der Waals surface area contributed by atoms with Crippen LogP contribution in [0.15, 0.2) is 18.3 Å². The maximum absolute atomic E-state index is 13.0. The van der Waals surface area contributed by atoms with Crippen LogP contribution in [0.5, 0.6) is 0 Å². The molecule has 1 saturated heterocycles. The number of pyridine rings is 1. The van der Waals surface area contributed by atoms with Gasteiger partial charge in [-0.15, -0.1) is 0 Å². The Morgan fingerprint density at radius 3 is 2.56 bits per heavy atom. The number of β-amino-alcohol motifs (C(OH)–C–C–N with tert-alkyl or cyclic N) is 1. The van der Waals surface area contributed by atoms with Gasteiger partial charge in [0.1, 0.15) is 0 Å². The Morgan fingerprint density at radius 2 is 2.00 bits per heavy atom. The van der Waals surface area contributed by atoms with Gasteiger partial charge in [0.25, 0.3) is 0 Å². The van der Waals surface area contributed by atoms with Crippen LogP contribution < -0.4 is 4.90 Å². The van der Waals surface area contributed by atoms with Crippen molar-refractivity contribution in [1.29, 1.82) is 0 Å². The minimum absolute atomic E-state index is 0.438. The van der Waals surface area contributed by atoms with Crippen molar-refractivity contribution in [2.24, 2.45) is 0 Å². The molecule has 100 valence electrons. The standard InChI is InChI=1S/C13H20FN3O/c1-13(2,18)10-16-5-7-17(8-6-16)11-3-4-15-12(14)9-11/h3-4,9,18H,5-8,10H2,1-2H3. The predicted molar refractivity (Wildman–Crippen MR) is 69.1 cm³/mol. The van der Waals surface area contributed by atoms with Crippen molar-refractivity contribution >= 4 is 5.69 Å². The van der Waals surface area contributed by atoms with Gasteiger partial charge in [0.15, 0.2) is 0 Å². The van der Waals surface area contributed by atoms with Crippen molar-refractivity contribution in [1.82, 2.24) is 9.88 Å². The highest BCUT2D eigenvalue weighted by molar-refractivity contribution is 5.45. The largest absolute Gasteiger partial charge is 0.389 e. The van der Waals surface area contributed by atoms with Crippen molar-refractivity contribution in [2.75, 3.05) is 37.6 Å². The summed E-state index contributed by atoms with van der Waals surface area (Å²) in [4.78, 5) is 7.94. The van der Waals surface area contributed by atoms with Crippen LogP contribution in [0.3, 0.4) is 0 Å². The van der Waals surface area contributed by atoms with Gasteiger partial charge in [-0.05, 0) is 19.9 Å². The quantitative estimate of drug-likeness (QED) is 0.819. The number of aliphatic hydroxyl groups is 1. The lowest BCUT2D eigenvalue weighted by Gasteiger charge is -2.38. The maximum Gasteiger partial charge on any atom is 0.214 e.